The van der Waals surface area contributed by atoms with E-state index in [0.717, 1.165) is 26.1 Å². The van der Waals surface area contributed by atoms with Crippen LogP contribution in [0.3, 0.4) is 0 Å². The van der Waals surface area contributed by atoms with Crippen LogP contribution in [0.4, 0.5) is 0 Å². The summed E-state index contributed by atoms with van der Waals surface area (Å²) >= 11 is 0. The van der Waals surface area contributed by atoms with Gasteiger partial charge in [-0.05, 0) is 39.4 Å². The topological polar surface area (TPSA) is 52.7 Å². The van der Waals surface area contributed by atoms with E-state index in [4.69, 9.17) is 5.73 Å². The van der Waals surface area contributed by atoms with Gasteiger partial charge in [0.2, 0.25) is 0 Å². The van der Waals surface area contributed by atoms with Gasteiger partial charge < -0.3 is 15.7 Å². The van der Waals surface area contributed by atoms with Crippen molar-refractivity contribution in [2.75, 3.05) is 39.8 Å². The van der Waals surface area contributed by atoms with Gasteiger partial charge in [0.15, 0.2) is 0 Å². The molecule has 0 aromatic rings. The van der Waals surface area contributed by atoms with Crippen molar-refractivity contribution in [3.05, 3.63) is 0 Å². The quantitative estimate of drug-likeness (QED) is 0.651. The van der Waals surface area contributed by atoms with Crippen molar-refractivity contribution >= 4 is 0 Å². The normalized spacial score (nSPS) is 24.2. The van der Waals surface area contributed by atoms with Crippen LogP contribution in [-0.4, -0.2) is 66.8 Å². The average molecular weight is 229 g/mol. The van der Waals surface area contributed by atoms with Gasteiger partial charge in [-0.25, -0.2) is 0 Å². The van der Waals surface area contributed by atoms with E-state index in [2.05, 4.69) is 23.8 Å². The van der Waals surface area contributed by atoms with E-state index >= 15 is 0 Å². The Morgan fingerprint density at radius 1 is 1.56 bits per heavy atom. The van der Waals surface area contributed by atoms with Gasteiger partial charge in [0.25, 0.3) is 0 Å². The molecular formula is C12H27N3O. The molecule has 3 N–H and O–H groups in total. The lowest BCUT2D eigenvalue weighted by Crippen LogP contribution is -2.39. The van der Waals surface area contributed by atoms with Crippen LogP contribution in [0.5, 0.6) is 0 Å². The second-order valence-corrected chi connectivity index (χ2v) is 4.87. The molecule has 16 heavy (non-hydrogen) atoms. The zero-order valence-corrected chi connectivity index (χ0v) is 10.7. The number of aliphatic hydroxyl groups is 1. The summed E-state index contributed by atoms with van der Waals surface area (Å²) in [5.74, 6) is 0. The highest BCUT2D eigenvalue weighted by molar-refractivity contribution is 4.80. The van der Waals surface area contributed by atoms with Crippen molar-refractivity contribution in [2.24, 2.45) is 5.73 Å². The zero-order valence-electron chi connectivity index (χ0n) is 10.7. The minimum absolute atomic E-state index is 0.340. The lowest BCUT2D eigenvalue weighted by atomic mass is 10.2. The first-order valence-electron chi connectivity index (χ1n) is 6.48. The molecule has 2 unspecified atom stereocenters. The van der Waals surface area contributed by atoms with Crippen molar-refractivity contribution in [1.82, 2.24) is 9.80 Å². The molecule has 2 atom stereocenters. The molecule has 0 aromatic heterocycles. The van der Waals surface area contributed by atoms with Crippen molar-refractivity contribution in [1.29, 1.82) is 0 Å². The molecule has 4 heteroatoms. The van der Waals surface area contributed by atoms with Crippen molar-refractivity contribution < 1.29 is 5.11 Å². The predicted octanol–water partition coefficient (Wildman–Crippen LogP) is 0.112. The third-order valence-electron chi connectivity index (χ3n) is 3.54. The van der Waals surface area contributed by atoms with E-state index < -0.39 is 0 Å². The summed E-state index contributed by atoms with van der Waals surface area (Å²) in [4.78, 5) is 4.87. The molecule has 0 bridgehead atoms. The highest BCUT2D eigenvalue weighted by atomic mass is 16.3. The number of nitrogens with zero attached hydrogens (tertiary/aromatic N) is 2. The number of rotatable bonds is 7. The predicted molar refractivity (Wildman–Crippen MR) is 67.4 cm³/mol. The average Bonchev–Trinajstić information content (AvgIpc) is 2.73. The second kappa shape index (κ2) is 7.22. The molecule has 1 fully saturated rings. The van der Waals surface area contributed by atoms with Crippen LogP contribution in [0.25, 0.3) is 0 Å². The van der Waals surface area contributed by atoms with Crippen molar-refractivity contribution in [2.45, 2.75) is 38.3 Å². The van der Waals surface area contributed by atoms with Crippen LogP contribution < -0.4 is 5.73 Å². The van der Waals surface area contributed by atoms with Gasteiger partial charge in [-0.1, -0.05) is 6.92 Å². The Morgan fingerprint density at radius 2 is 2.31 bits per heavy atom. The first kappa shape index (κ1) is 13.9. The first-order valence-corrected chi connectivity index (χ1v) is 6.48. The van der Waals surface area contributed by atoms with E-state index in [1.165, 1.54) is 19.4 Å². The van der Waals surface area contributed by atoms with E-state index in [9.17, 15) is 5.11 Å². The fourth-order valence-corrected chi connectivity index (χ4v) is 2.46. The number of hydrogen-bond acceptors (Lipinski definition) is 4. The Balaban J connectivity index is 2.20. The molecule has 1 saturated heterocycles. The minimum Gasteiger partial charge on any atom is -0.392 e. The number of likely N-dealkylation sites (tertiary alicyclic amines) is 1. The SMILES string of the molecule is CCN1CCCC1CN(C)CCC(O)CN. The third kappa shape index (κ3) is 4.37. The Labute approximate surface area is 99.4 Å². The van der Waals surface area contributed by atoms with E-state index in [1.807, 2.05) is 0 Å². The summed E-state index contributed by atoms with van der Waals surface area (Å²) in [6.45, 7) is 7.07. The molecule has 0 aliphatic carbocycles. The standard InChI is InChI=1S/C12H27N3O/c1-3-15-7-4-5-11(15)10-14(2)8-6-12(16)9-13/h11-12,16H,3-10,13H2,1-2H3. The summed E-state index contributed by atoms with van der Waals surface area (Å²) < 4.78 is 0. The van der Waals surface area contributed by atoms with Gasteiger partial charge in [-0.15, -0.1) is 0 Å². The van der Waals surface area contributed by atoms with Crippen LogP contribution in [0.15, 0.2) is 0 Å². The monoisotopic (exact) mass is 229 g/mol. The molecule has 0 saturated carbocycles. The Bertz CT molecular complexity index is 189. The number of aliphatic hydroxyl groups excluding tert-OH is 1. The van der Waals surface area contributed by atoms with Crippen molar-refractivity contribution in [3.8, 4) is 0 Å². The fraction of sp³-hybridized carbons (Fsp3) is 1.00. The minimum atomic E-state index is -0.340. The Kier molecular flexibility index (Phi) is 6.28. The summed E-state index contributed by atoms with van der Waals surface area (Å²) in [6.07, 6.45) is 3.09. The molecule has 1 aliphatic rings. The lowest BCUT2D eigenvalue weighted by Gasteiger charge is -2.28. The molecule has 0 amide bonds. The van der Waals surface area contributed by atoms with Gasteiger partial charge in [0.05, 0.1) is 6.10 Å². The van der Waals surface area contributed by atoms with Crippen LogP contribution in [-0.2, 0) is 0 Å². The molecule has 1 aliphatic heterocycles. The fourth-order valence-electron chi connectivity index (χ4n) is 2.46. The third-order valence-corrected chi connectivity index (χ3v) is 3.54. The highest BCUT2D eigenvalue weighted by Crippen LogP contribution is 2.17. The molecule has 0 spiro atoms. The Hall–Kier alpha value is -0.160. The molecule has 0 aromatic carbocycles. The van der Waals surface area contributed by atoms with Gasteiger partial charge in [-0.2, -0.15) is 0 Å². The second-order valence-electron chi connectivity index (χ2n) is 4.87. The summed E-state index contributed by atoms with van der Waals surface area (Å²) in [5.41, 5.74) is 5.39. The van der Waals surface area contributed by atoms with Gasteiger partial charge in [0.1, 0.15) is 0 Å². The number of likely N-dealkylation sites (N-methyl/N-ethyl adjacent to an activating group) is 2. The van der Waals surface area contributed by atoms with Crippen LogP contribution in [0.2, 0.25) is 0 Å². The van der Waals surface area contributed by atoms with Crippen LogP contribution >= 0.6 is 0 Å². The van der Waals surface area contributed by atoms with E-state index in [0.29, 0.717) is 12.6 Å². The van der Waals surface area contributed by atoms with Gasteiger partial charge in [-0.3, -0.25) is 4.90 Å². The zero-order chi connectivity index (χ0) is 12.0. The van der Waals surface area contributed by atoms with E-state index in [-0.39, 0.29) is 6.10 Å². The highest BCUT2D eigenvalue weighted by Gasteiger charge is 2.23. The molecule has 0 radical (unpaired) electrons. The van der Waals surface area contributed by atoms with Gasteiger partial charge in [0, 0.05) is 25.7 Å². The Morgan fingerprint density at radius 3 is 2.94 bits per heavy atom. The molecule has 96 valence electrons. The largest absolute Gasteiger partial charge is 0.392 e. The first-order chi connectivity index (χ1) is 7.67. The number of hydrogen-bond donors (Lipinski definition) is 2. The lowest BCUT2D eigenvalue weighted by molar-refractivity contribution is 0.141. The van der Waals surface area contributed by atoms with E-state index in [1.54, 1.807) is 0 Å². The summed E-state index contributed by atoms with van der Waals surface area (Å²) in [7, 11) is 2.13. The maximum atomic E-state index is 9.40. The molecule has 4 nitrogen and oxygen atoms in total. The van der Waals surface area contributed by atoms with Crippen molar-refractivity contribution in [3.63, 3.8) is 0 Å². The smallest absolute Gasteiger partial charge is 0.0674 e. The molecule has 1 heterocycles. The molecular weight excluding hydrogens is 202 g/mol. The summed E-state index contributed by atoms with van der Waals surface area (Å²) in [5, 5.41) is 9.40. The summed E-state index contributed by atoms with van der Waals surface area (Å²) in [6, 6.07) is 0.713. The van der Waals surface area contributed by atoms with Crippen LogP contribution in [0.1, 0.15) is 26.2 Å². The maximum Gasteiger partial charge on any atom is 0.0674 e. The molecule has 1 rings (SSSR count). The maximum absolute atomic E-state index is 9.40. The number of nitrogens with two attached hydrogens (primary N) is 1. The van der Waals surface area contributed by atoms with Crippen LogP contribution in [0, 0.1) is 0 Å². The van der Waals surface area contributed by atoms with Gasteiger partial charge >= 0.3 is 0 Å².